The van der Waals surface area contributed by atoms with Crippen LogP contribution >= 0.6 is 0 Å². The topological polar surface area (TPSA) is 70.0 Å². The number of hydrogen-bond acceptors (Lipinski definition) is 3. The maximum atomic E-state index is 11.6. The van der Waals surface area contributed by atoms with E-state index in [-0.39, 0.29) is 18.1 Å². The molecule has 1 aromatic carbocycles. The number of benzene rings is 1. The average Bonchev–Trinajstić information content (AvgIpc) is 2.79. The molecule has 1 heterocycles. The number of carboxylic acid groups (broad SMARTS) is 1. The summed E-state index contributed by atoms with van der Waals surface area (Å²) in [5.41, 5.74) is 1.40. The highest BCUT2D eigenvalue weighted by Crippen LogP contribution is 2.44. The lowest BCUT2D eigenvalue weighted by Crippen LogP contribution is -2.47. The summed E-state index contributed by atoms with van der Waals surface area (Å²) in [4.78, 5) is 13.0. The second-order valence-corrected chi connectivity index (χ2v) is 7.77. The molecule has 4 atom stereocenters. The number of hydrogen-bond donors (Lipinski definition) is 2. The number of ether oxygens (including phenoxy) is 1. The first-order valence-electron chi connectivity index (χ1n) is 9.51. The summed E-state index contributed by atoms with van der Waals surface area (Å²) >= 11 is 0. The molecule has 1 aromatic rings. The fourth-order valence-corrected chi connectivity index (χ4v) is 4.93. The SMILES string of the molecule is O=C(O)N1[C@@H]2CC[C@@H]2[C@H](O)[C@@H]1COC1CCC(c2ccccc2)CC1. The number of carbonyl (C=O) groups is 1. The Morgan fingerprint density at radius 1 is 1.08 bits per heavy atom. The molecule has 5 heteroatoms. The van der Waals surface area contributed by atoms with Crippen molar-refractivity contribution >= 4 is 6.09 Å². The van der Waals surface area contributed by atoms with Crippen LogP contribution in [0.15, 0.2) is 30.3 Å². The fraction of sp³-hybridized carbons (Fsp3) is 0.650. The van der Waals surface area contributed by atoms with E-state index in [1.165, 1.54) is 10.5 Å². The molecule has 3 aliphatic rings. The summed E-state index contributed by atoms with van der Waals surface area (Å²) in [7, 11) is 0. The lowest BCUT2D eigenvalue weighted by molar-refractivity contribution is -0.0245. The molecule has 5 nitrogen and oxygen atoms in total. The Morgan fingerprint density at radius 2 is 1.80 bits per heavy atom. The standard InChI is InChI=1S/C20H27NO4/c22-19-16-10-11-17(16)21(20(23)24)18(19)12-25-15-8-6-14(7-9-15)13-4-2-1-3-5-13/h1-5,14-19,22H,6-12H2,(H,23,24)/t14?,15?,16-,17+,18-,19-/m0/s1. The van der Waals surface area contributed by atoms with Gasteiger partial charge in [0.1, 0.15) is 0 Å². The van der Waals surface area contributed by atoms with E-state index in [0.717, 1.165) is 38.5 Å². The van der Waals surface area contributed by atoms with E-state index >= 15 is 0 Å². The second-order valence-electron chi connectivity index (χ2n) is 7.77. The predicted octanol–water partition coefficient (Wildman–Crippen LogP) is 3.23. The van der Waals surface area contributed by atoms with Crippen molar-refractivity contribution in [3.05, 3.63) is 35.9 Å². The molecule has 0 spiro atoms. The molecule has 1 amide bonds. The van der Waals surface area contributed by atoms with Gasteiger partial charge in [0.05, 0.1) is 24.9 Å². The fourth-order valence-electron chi connectivity index (χ4n) is 4.93. The van der Waals surface area contributed by atoms with Gasteiger partial charge in [-0.2, -0.15) is 0 Å². The van der Waals surface area contributed by atoms with Crippen molar-refractivity contribution in [3.8, 4) is 0 Å². The molecular weight excluding hydrogens is 318 g/mol. The van der Waals surface area contributed by atoms with Crippen molar-refractivity contribution in [2.75, 3.05) is 6.61 Å². The van der Waals surface area contributed by atoms with Crippen molar-refractivity contribution in [1.29, 1.82) is 0 Å². The minimum atomic E-state index is -0.923. The van der Waals surface area contributed by atoms with E-state index in [0.29, 0.717) is 12.5 Å². The molecule has 1 saturated heterocycles. The Labute approximate surface area is 148 Å². The molecular formula is C20H27NO4. The van der Waals surface area contributed by atoms with Crippen LogP contribution in [0.2, 0.25) is 0 Å². The van der Waals surface area contributed by atoms with Crippen molar-refractivity contribution in [3.63, 3.8) is 0 Å². The van der Waals surface area contributed by atoms with Crippen molar-refractivity contribution < 1.29 is 19.7 Å². The van der Waals surface area contributed by atoms with Crippen LogP contribution in [0.4, 0.5) is 4.79 Å². The Balaban J connectivity index is 1.30. The Bertz CT molecular complexity index is 599. The summed E-state index contributed by atoms with van der Waals surface area (Å²) in [6.45, 7) is 0.321. The summed E-state index contributed by atoms with van der Waals surface area (Å²) in [5, 5.41) is 19.9. The van der Waals surface area contributed by atoms with Gasteiger partial charge in [-0.05, 0) is 50.0 Å². The van der Waals surface area contributed by atoms with Gasteiger partial charge < -0.3 is 14.9 Å². The van der Waals surface area contributed by atoms with Crippen LogP contribution in [0.25, 0.3) is 0 Å². The zero-order valence-electron chi connectivity index (χ0n) is 14.5. The number of aliphatic hydroxyl groups excluding tert-OH is 1. The third kappa shape index (κ3) is 3.15. The molecule has 1 aliphatic heterocycles. The molecule has 0 bridgehead atoms. The predicted molar refractivity (Wildman–Crippen MR) is 93.6 cm³/mol. The van der Waals surface area contributed by atoms with Gasteiger partial charge >= 0.3 is 6.09 Å². The maximum Gasteiger partial charge on any atom is 0.407 e. The Morgan fingerprint density at radius 3 is 2.40 bits per heavy atom. The highest BCUT2D eigenvalue weighted by atomic mass is 16.5. The van der Waals surface area contributed by atoms with Gasteiger partial charge in [-0.25, -0.2) is 4.79 Å². The quantitative estimate of drug-likeness (QED) is 0.879. The summed E-state index contributed by atoms with van der Waals surface area (Å²) < 4.78 is 6.06. The van der Waals surface area contributed by atoms with Crippen molar-refractivity contribution in [1.82, 2.24) is 4.90 Å². The van der Waals surface area contributed by atoms with E-state index in [2.05, 4.69) is 24.3 Å². The highest BCUT2D eigenvalue weighted by Gasteiger charge is 2.54. The molecule has 0 radical (unpaired) electrons. The second kappa shape index (κ2) is 6.96. The van der Waals surface area contributed by atoms with Gasteiger partial charge in [-0.15, -0.1) is 0 Å². The summed E-state index contributed by atoms with van der Waals surface area (Å²) in [5.74, 6) is 0.711. The van der Waals surface area contributed by atoms with Crippen LogP contribution < -0.4 is 0 Å². The monoisotopic (exact) mass is 345 g/mol. The number of nitrogens with zero attached hydrogens (tertiary/aromatic N) is 1. The van der Waals surface area contributed by atoms with Gasteiger partial charge in [0, 0.05) is 12.0 Å². The lowest BCUT2D eigenvalue weighted by Gasteiger charge is -2.35. The molecule has 25 heavy (non-hydrogen) atoms. The number of amides is 1. The average molecular weight is 345 g/mol. The maximum absolute atomic E-state index is 11.6. The molecule has 3 fully saturated rings. The lowest BCUT2D eigenvalue weighted by atomic mass is 9.78. The van der Waals surface area contributed by atoms with Gasteiger partial charge in [-0.1, -0.05) is 30.3 Å². The van der Waals surface area contributed by atoms with E-state index in [9.17, 15) is 15.0 Å². The number of likely N-dealkylation sites (tertiary alicyclic amines) is 1. The smallest absolute Gasteiger partial charge is 0.407 e. The van der Waals surface area contributed by atoms with E-state index in [1.807, 2.05) is 6.07 Å². The molecule has 136 valence electrons. The normalized spacial score (nSPS) is 37.4. The summed E-state index contributed by atoms with van der Waals surface area (Å²) in [6.07, 6.45) is 4.70. The van der Waals surface area contributed by atoms with Crippen LogP contribution in [0, 0.1) is 5.92 Å². The third-order valence-corrected chi connectivity index (χ3v) is 6.51. The Hall–Kier alpha value is -1.59. The van der Waals surface area contributed by atoms with E-state index in [1.54, 1.807) is 0 Å². The van der Waals surface area contributed by atoms with Gasteiger partial charge in [0.25, 0.3) is 0 Å². The van der Waals surface area contributed by atoms with Crippen molar-refractivity contribution in [2.45, 2.75) is 68.7 Å². The van der Waals surface area contributed by atoms with Crippen LogP contribution in [0.5, 0.6) is 0 Å². The van der Waals surface area contributed by atoms with Gasteiger partial charge in [-0.3, -0.25) is 4.90 Å². The Kier molecular flexibility index (Phi) is 4.69. The number of fused-ring (bicyclic) bond motifs is 1. The molecule has 4 rings (SSSR count). The number of rotatable bonds is 4. The van der Waals surface area contributed by atoms with Crippen molar-refractivity contribution in [2.24, 2.45) is 5.92 Å². The zero-order valence-corrected chi connectivity index (χ0v) is 14.5. The molecule has 2 saturated carbocycles. The summed E-state index contributed by atoms with van der Waals surface area (Å²) in [6, 6.07) is 10.2. The number of aliphatic hydroxyl groups is 1. The van der Waals surface area contributed by atoms with E-state index < -0.39 is 18.2 Å². The van der Waals surface area contributed by atoms with Crippen LogP contribution in [-0.4, -0.2) is 52.1 Å². The van der Waals surface area contributed by atoms with Crippen LogP contribution in [0.1, 0.15) is 50.0 Å². The molecule has 2 aliphatic carbocycles. The molecule has 2 N–H and O–H groups in total. The van der Waals surface area contributed by atoms with Gasteiger partial charge in [0.2, 0.25) is 0 Å². The first kappa shape index (κ1) is 16.9. The zero-order chi connectivity index (χ0) is 17.4. The molecule has 0 aromatic heterocycles. The van der Waals surface area contributed by atoms with Gasteiger partial charge in [0.15, 0.2) is 0 Å². The third-order valence-electron chi connectivity index (χ3n) is 6.51. The van der Waals surface area contributed by atoms with Crippen LogP contribution in [0.3, 0.4) is 0 Å². The van der Waals surface area contributed by atoms with E-state index in [4.69, 9.17) is 4.74 Å². The highest BCUT2D eigenvalue weighted by molar-refractivity contribution is 5.67. The first-order valence-corrected chi connectivity index (χ1v) is 9.51. The molecule has 0 unspecified atom stereocenters. The largest absolute Gasteiger partial charge is 0.465 e. The minimum Gasteiger partial charge on any atom is -0.465 e. The van der Waals surface area contributed by atoms with Crippen LogP contribution in [-0.2, 0) is 4.74 Å². The first-order chi connectivity index (χ1) is 12.1. The minimum absolute atomic E-state index is 0.00471.